The van der Waals surface area contributed by atoms with Crippen LogP contribution in [0.3, 0.4) is 0 Å². The van der Waals surface area contributed by atoms with E-state index in [1.807, 2.05) is 0 Å². The minimum Gasteiger partial charge on any atom is -0.506 e. The molecule has 0 bridgehead atoms. The molecule has 0 fully saturated rings. The van der Waals surface area contributed by atoms with Gasteiger partial charge in [0, 0.05) is 15.7 Å². The predicted octanol–water partition coefficient (Wildman–Crippen LogP) is 5.68. The number of nitrogen functional groups attached to an aromatic ring is 1. The highest BCUT2D eigenvalue weighted by Crippen LogP contribution is 2.35. The minimum absolute atomic E-state index is 0.0792. The molecule has 0 aliphatic heterocycles. The summed E-state index contributed by atoms with van der Waals surface area (Å²) in [7, 11) is 0. The second-order valence-electron chi connectivity index (χ2n) is 6.00. The number of carbonyl (C=O) groups is 1. The van der Waals surface area contributed by atoms with Crippen LogP contribution in [0.25, 0.3) is 11.1 Å². The highest BCUT2D eigenvalue weighted by Gasteiger charge is 2.30. The number of phenols is 1. The van der Waals surface area contributed by atoms with Crippen molar-refractivity contribution >= 4 is 33.2 Å². The van der Waals surface area contributed by atoms with Gasteiger partial charge in [0.05, 0.1) is 11.3 Å². The van der Waals surface area contributed by atoms with E-state index < -0.39 is 11.7 Å². The van der Waals surface area contributed by atoms with Gasteiger partial charge in [-0.15, -0.1) is 0 Å². The summed E-state index contributed by atoms with van der Waals surface area (Å²) >= 11 is 3.17. The average molecular weight is 451 g/mol. The predicted molar refractivity (Wildman–Crippen MR) is 105 cm³/mol. The number of aromatic hydroxyl groups is 1. The van der Waals surface area contributed by atoms with Crippen molar-refractivity contribution in [2.24, 2.45) is 0 Å². The molecule has 3 aromatic carbocycles. The standard InChI is InChI=1S/C20H14BrF3N2O2/c21-16-9-13(20(22,23)24)5-7-15(16)11-1-3-12(4-2-11)19(28)26-14-6-8-18(27)17(25)10-14/h1-10,27H,25H2,(H,26,28). The number of hydrogen-bond donors (Lipinski definition) is 3. The Morgan fingerprint density at radius 2 is 1.68 bits per heavy atom. The number of amides is 1. The topological polar surface area (TPSA) is 75.3 Å². The number of nitrogens with one attached hydrogen (secondary N) is 1. The van der Waals surface area contributed by atoms with Crippen LogP contribution in [-0.4, -0.2) is 11.0 Å². The van der Waals surface area contributed by atoms with E-state index in [0.29, 0.717) is 26.9 Å². The van der Waals surface area contributed by atoms with Crippen LogP contribution >= 0.6 is 15.9 Å². The Morgan fingerprint density at radius 1 is 1.00 bits per heavy atom. The van der Waals surface area contributed by atoms with E-state index in [2.05, 4.69) is 21.2 Å². The normalized spacial score (nSPS) is 11.3. The Balaban J connectivity index is 1.79. The first-order valence-corrected chi connectivity index (χ1v) is 8.81. The van der Waals surface area contributed by atoms with Crippen LogP contribution in [0.4, 0.5) is 24.5 Å². The van der Waals surface area contributed by atoms with Gasteiger partial charge in [-0.2, -0.15) is 13.2 Å². The van der Waals surface area contributed by atoms with E-state index in [0.717, 1.165) is 12.1 Å². The summed E-state index contributed by atoms with van der Waals surface area (Å²) in [5.41, 5.74) is 7.01. The number of carbonyl (C=O) groups excluding carboxylic acids is 1. The zero-order chi connectivity index (χ0) is 20.5. The zero-order valence-electron chi connectivity index (χ0n) is 14.2. The fourth-order valence-electron chi connectivity index (χ4n) is 2.56. The number of nitrogens with two attached hydrogens (primary N) is 1. The van der Waals surface area contributed by atoms with E-state index in [4.69, 9.17) is 5.73 Å². The van der Waals surface area contributed by atoms with Gasteiger partial charge in [-0.05, 0) is 53.6 Å². The molecule has 0 heterocycles. The highest BCUT2D eigenvalue weighted by atomic mass is 79.9. The molecule has 3 rings (SSSR count). The minimum atomic E-state index is -4.42. The molecule has 8 heteroatoms. The Morgan fingerprint density at radius 3 is 2.25 bits per heavy atom. The Bertz CT molecular complexity index is 1030. The summed E-state index contributed by atoms with van der Waals surface area (Å²) in [5, 5.41) is 12.1. The van der Waals surface area contributed by atoms with Crippen molar-refractivity contribution in [1.82, 2.24) is 0 Å². The second-order valence-corrected chi connectivity index (χ2v) is 6.85. The molecule has 0 aliphatic carbocycles. The van der Waals surface area contributed by atoms with Crippen LogP contribution in [0.1, 0.15) is 15.9 Å². The number of halogens is 4. The van der Waals surface area contributed by atoms with E-state index in [1.165, 1.54) is 24.3 Å². The number of rotatable bonds is 3. The van der Waals surface area contributed by atoms with Gasteiger partial charge in [0.25, 0.3) is 5.91 Å². The van der Waals surface area contributed by atoms with E-state index >= 15 is 0 Å². The third kappa shape index (κ3) is 4.28. The fourth-order valence-corrected chi connectivity index (χ4v) is 3.17. The molecule has 0 aromatic heterocycles. The van der Waals surface area contributed by atoms with Gasteiger partial charge in [-0.25, -0.2) is 0 Å². The highest BCUT2D eigenvalue weighted by molar-refractivity contribution is 9.10. The molecule has 144 valence electrons. The third-order valence-electron chi connectivity index (χ3n) is 4.04. The van der Waals surface area contributed by atoms with Gasteiger partial charge >= 0.3 is 6.18 Å². The van der Waals surface area contributed by atoms with Gasteiger partial charge < -0.3 is 16.2 Å². The van der Waals surface area contributed by atoms with Crippen LogP contribution < -0.4 is 11.1 Å². The van der Waals surface area contributed by atoms with Crippen LogP contribution in [0.2, 0.25) is 0 Å². The molecule has 0 spiro atoms. The monoisotopic (exact) mass is 450 g/mol. The number of phenolic OH excluding ortho intramolecular Hbond substituents is 1. The maximum Gasteiger partial charge on any atom is 0.416 e. The van der Waals surface area contributed by atoms with Gasteiger partial charge in [-0.3, -0.25) is 4.79 Å². The SMILES string of the molecule is Nc1cc(NC(=O)c2ccc(-c3ccc(C(F)(F)F)cc3Br)cc2)ccc1O. The lowest BCUT2D eigenvalue weighted by Gasteiger charge is -2.11. The van der Waals surface area contributed by atoms with E-state index in [9.17, 15) is 23.1 Å². The van der Waals surface area contributed by atoms with Crippen LogP contribution in [-0.2, 0) is 6.18 Å². The lowest BCUT2D eigenvalue weighted by atomic mass is 10.0. The van der Waals surface area contributed by atoms with E-state index in [-0.39, 0.29) is 17.3 Å². The van der Waals surface area contributed by atoms with Crippen LogP contribution in [0.5, 0.6) is 5.75 Å². The van der Waals surface area contributed by atoms with E-state index in [1.54, 1.807) is 24.3 Å². The molecule has 28 heavy (non-hydrogen) atoms. The molecule has 0 radical (unpaired) electrons. The Hall–Kier alpha value is -3.00. The van der Waals surface area contributed by atoms with Gasteiger partial charge in [0.15, 0.2) is 0 Å². The smallest absolute Gasteiger partial charge is 0.416 e. The fraction of sp³-hybridized carbons (Fsp3) is 0.0500. The first-order valence-electron chi connectivity index (χ1n) is 8.02. The number of alkyl halides is 3. The molecule has 0 unspecified atom stereocenters. The molecule has 0 saturated carbocycles. The van der Waals surface area contributed by atoms with Crippen LogP contribution in [0, 0.1) is 0 Å². The number of anilines is 2. The van der Waals surface area contributed by atoms with Crippen molar-refractivity contribution in [3.8, 4) is 16.9 Å². The maximum atomic E-state index is 12.8. The van der Waals surface area contributed by atoms with Crippen molar-refractivity contribution in [3.63, 3.8) is 0 Å². The third-order valence-corrected chi connectivity index (χ3v) is 4.70. The summed E-state index contributed by atoms with van der Waals surface area (Å²) in [6.45, 7) is 0. The van der Waals surface area contributed by atoms with Crippen molar-refractivity contribution in [1.29, 1.82) is 0 Å². The number of benzene rings is 3. The lowest BCUT2D eigenvalue weighted by molar-refractivity contribution is -0.137. The molecule has 0 saturated heterocycles. The molecule has 4 N–H and O–H groups in total. The van der Waals surface area contributed by atoms with Crippen molar-refractivity contribution in [2.45, 2.75) is 6.18 Å². The van der Waals surface area contributed by atoms with Gasteiger partial charge in [0.1, 0.15) is 5.75 Å². The molecular weight excluding hydrogens is 437 g/mol. The molecule has 1 amide bonds. The van der Waals surface area contributed by atoms with Crippen LogP contribution in [0.15, 0.2) is 65.1 Å². The molecule has 3 aromatic rings. The molecular formula is C20H14BrF3N2O2. The van der Waals surface area contributed by atoms with Crippen molar-refractivity contribution < 1.29 is 23.1 Å². The second kappa shape index (κ2) is 7.55. The average Bonchev–Trinajstić information content (AvgIpc) is 2.64. The summed E-state index contributed by atoms with van der Waals surface area (Å²) in [4.78, 5) is 12.3. The summed E-state index contributed by atoms with van der Waals surface area (Å²) in [6.07, 6.45) is -4.42. The quantitative estimate of drug-likeness (QED) is 0.273. The summed E-state index contributed by atoms with van der Waals surface area (Å²) in [5.74, 6) is -0.465. The van der Waals surface area contributed by atoms with Crippen molar-refractivity contribution in [3.05, 3.63) is 76.3 Å². The Labute approximate surface area is 166 Å². The molecule has 4 nitrogen and oxygen atoms in total. The van der Waals surface area contributed by atoms with Gasteiger partial charge in [0.2, 0.25) is 0 Å². The summed E-state index contributed by atoms with van der Waals surface area (Å²) in [6, 6.07) is 14.1. The lowest BCUT2D eigenvalue weighted by Crippen LogP contribution is -2.11. The molecule has 0 atom stereocenters. The Kier molecular flexibility index (Phi) is 5.33. The number of hydrogen-bond acceptors (Lipinski definition) is 3. The summed E-state index contributed by atoms with van der Waals surface area (Å²) < 4.78 is 38.7. The first-order chi connectivity index (χ1) is 13.1. The first kappa shape index (κ1) is 19.8. The zero-order valence-corrected chi connectivity index (χ0v) is 15.8. The molecule has 0 aliphatic rings. The maximum absolute atomic E-state index is 12.8. The van der Waals surface area contributed by atoms with Gasteiger partial charge in [-0.1, -0.05) is 34.1 Å². The van der Waals surface area contributed by atoms with Crippen molar-refractivity contribution in [2.75, 3.05) is 11.1 Å². The largest absolute Gasteiger partial charge is 0.506 e.